The fourth-order valence-corrected chi connectivity index (χ4v) is 3.45. The Labute approximate surface area is 153 Å². The zero-order valence-electron chi connectivity index (χ0n) is 13.9. The van der Waals surface area contributed by atoms with E-state index in [2.05, 4.69) is 22.0 Å². The SMILES string of the molecule is CCc1cccc(NC(N)=NCCNS(=O)(=O)c2cccc(Cl)c2)c1. The van der Waals surface area contributed by atoms with E-state index in [0.29, 0.717) is 5.02 Å². The maximum Gasteiger partial charge on any atom is 0.240 e. The first-order valence-corrected chi connectivity index (χ1v) is 9.68. The largest absolute Gasteiger partial charge is 0.370 e. The highest BCUT2D eigenvalue weighted by Gasteiger charge is 2.13. The van der Waals surface area contributed by atoms with Gasteiger partial charge in [0.1, 0.15) is 0 Å². The summed E-state index contributed by atoms with van der Waals surface area (Å²) >= 11 is 5.81. The molecule has 6 nitrogen and oxygen atoms in total. The van der Waals surface area contributed by atoms with Crippen LogP contribution in [-0.4, -0.2) is 27.5 Å². The molecule has 0 spiro atoms. The molecule has 0 atom stereocenters. The van der Waals surface area contributed by atoms with E-state index in [0.717, 1.165) is 12.1 Å². The number of halogens is 1. The van der Waals surface area contributed by atoms with E-state index in [9.17, 15) is 8.42 Å². The molecule has 0 saturated heterocycles. The van der Waals surface area contributed by atoms with Crippen molar-refractivity contribution in [3.63, 3.8) is 0 Å². The molecule has 0 radical (unpaired) electrons. The number of nitrogens with one attached hydrogen (secondary N) is 2. The van der Waals surface area contributed by atoms with Gasteiger partial charge in [0.25, 0.3) is 0 Å². The van der Waals surface area contributed by atoms with Crippen LogP contribution in [0.3, 0.4) is 0 Å². The molecule has 0 unspecified atom stereocenters. The third-order valence-electron chi connectivity index (χ3n) is 3.40. The summed E-state index contributed by atoms with van der Waals surface area (Å²) in [5, 5.41) is 3.35. The first kappa shape index (κ1) is 19.2. The summed E-state index contributed by atoms with van der Waals surface area (Å²) in [7, 11) is -3.61. The average molecular weight is 381 g/mol. The number of hydrogen-bond acceptors (Lipinski definition) is 3. The molecule has 0 saturated carbocycles. The molecule has 0 bridgehead atoms. The van der Waals surface area contributed by atoms with Gasteiger partial charge in [-0.15, -0.1) is 0 Å². The van der Waals surface area contributed by atoms with Crippen LogP contribution in [0, 0.1) is 0 Å². The third kappa shape index (κ3) is 6.04. The number of hydrogen-bond donors (Lipinski definition) is 3. The van der Waals surface area contributed by atoms with Crippen molar-refractivity contribution < 1.29 is 8.42 Å². The molecular formula is C17H21ClN4O2S. The smallest absolute Gasteiger partial charge is 0.240 e. The van der Waals surface area contributed by atoms with Crippen molar-refractivity contribution in [2.45, 2.75) is 18.2 Å². The highest BCUT2D eigenvalue weighted by molar-refractivity contribution is 7.89. The van der Waals surface area contributed by atoms with Crippen LogP contribution < -0.4 is 15.8 Å². The maximum absolute atomic E-state index is 12.1. The quantitative estimate of drug-likeness (QED) is 0.390. The van der Waals surface area contributed by atoms with E-state index in [4.69, 9.17) is 17.3 Å². The molecule has 8 heteroatoms. The van der Waals surface area contributed by atoms with Crippen LogP contribution in [0.4, 0.5) is 5.69 Å². The number of aliphatic imine (C=N–C) groups is 1. The first-order valence-electron chi connectivity index (χ1n) is 7.82. The van der Waals surface area contributed by atoms with E-state index in [-0.39, 0.29) is 23.9 Å². The van der Waals surface area contributed by atoms with Crippen molar-refractivity contribution >= 4 is 33.3 Å². The second kappa shape index (κ2) is 8.84. The van der Waals surface area contributed by atoms with E-state index in [1.54, 1.807) is 12.1 Å². The third-order valence-corrected chi connectivity index (χ3v) is 5.09. The highest BCUT2D eigenvalue weighted by atomic mass is 35.5. The number of nitrogens with zero attached hydrogens (tertiary/aromatic N) is 1. The Morgan fingerprint density at radius 1 is 1.20 bits per heavy atom. The number of rotatable bonds is 7. The van der Waals surface area contributed by atoms with Crippen molar-refractivity contribution in [1.29, 1.82) is 0 Å². The Morgan fingerprint density at radius 3 is 2.68 bits per heavy atom. The van der Waals surface area contributed by atoms with Crippen molar-refractivity contribution in [2.75, 3.05) is 18.4 Å². The van der Waals surface area contributed by atoms with Crippen LogP contribution in [-0.2, 0) is 16.4 Å². The van der Waals surface area contributed by atoms with Crippen LogP contribution in [0.2, 0.25) is 5.02 Å². The average Bonchev–Trinajstić information content (AvgIpc) is 2.59. The Hall–Kier alpha value is -2.09. The fraction of sp³-hybridized carbons (Fsp3) is 0.235. The van der Waals surface area contributed by atoms with Gasteiger partial charge in [0.15, 0.2) is 5.96 Å². The lowest BCUT2D eigenvalue weighted by atomic mass is 10.1. The number of sulfonamides is 1. The van der Waals surface area contributed by atoms with Gasteiger partial charge in [0.2, 0.25) is 10.0 Å². The van der Waals surface area contributed by atoms with Gasteiger partial charge in [-0.3, -0.25) is 4.99 Å². The van der Waals surface area contributed by atoms with Crippen LogP contribution in [0.15, 0.2) is 58.4 Å². The number of anilines is 1. The second-order valence-electron chi connectivity index (χ2n) is 5.30. The van der Waals surface area contributed by atoms with Crippen molar-refractivity contribution in [2.24, 2.45) is 10.7 Å². The minimum Gasteiger partial charge on any atom is -0.370 e. The van der Waals surface area contributed by atoms with Gasteiger partial charge < -0.3 is 11.1 Å². The summed E-state index contributed by atoms with van der Waals surface area (Å²) < 4.78 is 26.7. The zero-order valence-corrected chi connectivity index (χ0v) is 15.4. The topological polar surface area (TPSA) is 96.6 Å². The molecule has 2 aromatic rings. The molecule has 0 aromatic heterocycles. The van der Waals surface area contributed by atoms with Gasteiger partial charge in [-0.05, 0) is 42.3 Å². The molecular weight excluding hydrogens is 360 g/mol. The lowest BCUT2D eigenvalue weighted by Gasteiger charge is -2.08. The Balaban J connectivity index is 1.87. The van der Waals surface area contributed by atoms with Crippen molar-refractivity contribution in [1.82, 2.24) is 4.72 Å². The predicted molar refractivity (Wildman–Crippen MR) is 103 cm³/mol. The molecule has 2 rings (SSSR count). The number of guanidine groups is 1. The molecule has 0 aliphatic heterocycles. The minimum atomic E-state index is -3.61. The number of nitrogens with two attached hydrogens (primary N) is 1. The summed E-state index contributed by atoms with van der Waals surface area (Å²) in [6.07, 6.45) is 0.928. The molecule has 25 heavy (non-hydrogen) atoms. The van der Waals surface area contributed by atoms with Crippen LogP contribution in [0.25, 0.3) is 0 Å². The van der Waals surface area contributed by atoms with E-state index >= 15 is 0 Å². The standard InChI is InChI=1S/C17H21ClN4O2S/c1-2-13-5-3-7-15(11-13)22-17(19)20-9-10-21-25(23,24)16-8-4-6-14(18)12-16/h3-8,11-12,21H,2,9-10H2,1H3,(H3,19,20,22). The summed E-state index contributed by atoms with van der Waals surface area (Å²) in [4.78, 5) is 4.24. The molecule has 0 heterocycles. The van der Waals surface area contributed by atoms with Crippen molar-refractivity contribution in [3.05, 3.63) is 59.1 Å². The van der Waals surface area contributed by atoms with Crippen LogP contribution >= 0.6 is 11.6 Å². The monoisotopic (exact) mass is 380 g/mol. The molecule has 0 aliphatic carbocycles. The minimum absolute atomic E-state index is 0.117. The van der Waals surface area contributed by atoms with Gasteiger partial charge in [-0.25, -0.2) is 13.1 Å². The lowest BCUT2D eigenvalue weighted by Crippen LogP contribution is -2.28. The molecule has 0 amide bonds. The van der Waals surface area contributed by atoms with Gasteiger partial charge in [0, 0.05) is 17.3 Å². The van der Waals surface area contributed by atoms with E-state index in [1.807, 2.05) is 24.3 Å². The molecule has 4 N–H and O–H groups in total. The normalized spacial score (nSPS) is 12.2. The van der Waals surface area contributed by atoms with Crippen LogP contribution in [0.5, 0.6) is 0 Å². The summed E-state index contributed by atoms with van der Waals surface area (Å²) in [5.74, 6) is 0.232. The van der Waals surface area contributed by atoms with E-state index < -0.39 is 10.0 Å². The molecule has 0 fully saturated rings. The van der Waals surface area contributed by atoms with Crippen LogP contribution in [0.1, 0.15) is 12.5 Å². The van der Waals surface area contributed by atoms with Gasteiger partial charge in [-0.2, -0.15) is 0 Å². The molecule has 2 aromatic carbocycles. The molecule has 0 aliphatic rings. The van der Waals surface area contributed by atoms with E-state index in [1.165, 1.54) is 17.7 Å². The summed E-state index contributed by atoms with van der Waals surface area (Å²) in [6, 6.07) is 13.9. The predicted octanol–water partition coefficient (Wildman–Crippen LogP) is 2.61. The Morgan fingerprint density at radius 2 is 1.96 bits per heavy atom. The van der Waals surface area contributed by atoms with Gasteiger partial charge in [-0.1, -0.05) is 36.7 Å². The fourth-order valence-electron chi connectivity index (χ4n) is 2.13. The lowest BCUT2D eigenvalue weighted by molar-refractivity contribution is 0.582. The zero-order chi connectivity index (χ0) is 18.3. The summed E-state index contributed by atoms with van der Waals surface area (Å²) in [5.41, 5.74) is 7.86. The highest BCUT2D eigenvalue weighted by Crippen LogP contribution is 2.15. The summed E-state index contributed by atoms with van der Waals surface area (Å²) in [6.45, 7) is 2.42. The Kier molecular flexibility index (Phi) is 6.81. The molecule has 134 valence electrons. The maximum atomic E-state index is 12.1. The number of aryl methyl sites for hydroxylation is 1. The van der Waals surface area contributed by atoms with Crippen molar-refractivity contribution in [3.8, 4) is 0 Å². The van der Waals surface area contributed by atoms with Gasteiger partial charge >= 0.3 is 0 Å². The number of benzene rings is 2. The second-order valence-corrected chi connectivity index (χ2v) is 7.50. The van der Waals surface area contributed by atoms with Gasteiger partial charge in [0.05, 0.1) is 11.4 Å². The Bertz CT molecular complexity index is 853. The first-order chi connectivity index (χ1) is 11.9.